The average Bonchev–Trinajstić information content (AvgIpc) is 0.761. The first-order valence-electron chi connectivity index (χ1n) is 40.0. The van der Waals surface area contributed by atoms with Gasteiger partial charge in [-0.15, -0.1) is 0 Å². The first kappa shape index (κ1) is 68.0. The van der Waals surface area contributed by atoms with Gasteiger partial charge in [-0.2, -0.15) is 0 Å². The monoisotopic (exact) mass is 1340 g/mol. The molecule has 10 aromatic rings. The van der Waals surface area contributed by atoms with Crippen LogP contribution in [0.4, 0.5) is 0 Å². The largest absolute Gasteiger partial charge is 0.212 e. The number of hydrogen-bond donors (Lipinski definition) is 0. The van der Waals surface area contributed by atoms with Crippen LogP contribution in [0.3, 0.4) is 0 Å². The molecule has 0 fully saturated rings. The van der Waals surface area contributed by atoms with Gasteiger partial charge in [-0.1, -0.05) is 186 Å². The fourth-order valence-corrected chi connectivity index (χ4v) is 12.9. The molecular weight excluding hydrogens is 1200 g/mol. The Balaban J connectivity index is 0.000000210. The molecule has 524 valence electrons. The standard InChI is InChI=1S/C21H30N.C19H26N.3C18H24N/c1-15(2)11-18-13-21(20-10-8-7-9-17(20)5)22(6)14-19(18)12-16(3)4;1-13(2)9-17-12-20(6)19(11-15(17)4)18-8-7-14(3)10-16(18)5;2*1-13-7-9-16(14(2)11-13)17-10-8-15(12-19(17)6)18(3,4)5;1-13(2)10-16-12-19(5)18(11-15(16)4)17-9-7-6-8-14(17)3/h7-10,13-16H,11-12H2,1-6H3;7-8,10-13H,9H2,1-6H3;2*7-12H,1-6H3;6-9,11-13H,10H2,1-5H3/q5*+1/i;3D3,9D2;1D3;;. The molecule has 0 atom stereocenters. The van der Waals surface area contributed by atoms with Crippen molar-refractivity contribution in [2.24, 2.45) is 58.9 Å². The van der Waals surface area contributed by atoms with E-state index >= 15 is 0 Å². The first-order chi connectivity index (χ1) is 49.5. The van der Waals surface area contributed by atoms with Crippen molar-refractivity contribution in [3.05, 3.63) is 266 Å². The molecule has 0 unspecified atom stereocenters. The Morgan fingerprint density at radius 1 is 0.303 bits per heavy atom. The van der Waals surface area contributed by atoms with Crippen LogP contribution >= 0.6 is 0 Å². The van der Waals surface area contributed by atoms with Gasteiger partial charge in [-0.3, -0.25) is 0 Å². The van der Waals surface area contributed by atoms with Gasteiger partial charge in [0.2, 0.25) is 28.5 Å². The fourth-order valence-electron chi connectivity index (χ4n) is 12.9. The van der Waals surface area contributed by atoms with Gasteiger partial charge < -0.3 is 0 Å². The van der Waals surface area contributed by atoms with Crippen molar-refractivity contribution in [3.63, 3.8) is 0 Å². The summed E-state index contributed by atoms with van der Waals surface area (Å²) < 4.78 is 72.7. The second-order valence-electron chi connectivity index (χ2n) is 31.6. The lowest BCUT2D eigenvalue weighted by Crippen LogP contribution is -2.33. The van der Waals surface area contributed by atoms with E-state index in [9.17, 15) is 0 Å². The van der Waals surface area contributed by atoms with Crippen LogP contribution in [0.25, 0.3) is 56.3 Å². The number of pyridine rings is 5. The number of aryl methyl sites for hydroxylation is 15. The molecule has 0 aliphatic carbocycles. The molecule has 5 heteroatoms. The molecule has 5 heterocycles. The molecule has 0 radical (unpaired) electrons. The molecule has 10 rings (SSSR count). The highest BCUT2D eigenvalue weighted by molar-refractivity contribution is 5.65. The minimum absolute atomic E-state index is 0.108. The van der Waals surface area contributed by atoms with Crippen LogP contribution in [0.2, 0.25) is 0 Å². The summed E-state index contributed by atoms with van der Waals surface area (Å²) in [7, 11) is 10.4. The minimum Gasteiger partial charge on any atom is -0.201 e. The van der Waals surface area contributed by atoms with Crippen molar-refractivity contribution in [3.8, 4) is 56.3 Å². The maximum Gasteiger partial charge on any atom is 0.212 e. The molecule has 0 aliphatic heterocycles. The molecule has 0 spiro atoms. The topological polar surface area (TPSA) is 19.4 Å². The van der Waals surface area contributed by atoms with Crippen molar-refractivity contribution in [2.45, 2.75) is 202 Å². The number of nitrogens with zero attached hydrogens (tertiary/aromatic N) is 5. The summed E-state index contributed by atoms with van der Waals surface area (Å²) >= 11 is 0. The van der Waals surface area contributed by atoms with Gasteiger partial charge >= 0.3 is 0 Å². The molecule has 5 aromatic heterocycles. The zero-order valence-electron chi connectivity index (χ0n) is 73.9. The van der Waals surface area contributed by atoms with Crippen LogP contribution in [0, 0.1) is 92.8 Å². The van der Waals surface area contributed by atoms with Crippen LogP contribution in [0.15, 0.2) is 177 Å². The van der Waals surface area contributed by atoms with Gasteiger partial charge in [0.25, 0.3) is 0 Å². The third-order valence-corrected chi connectivity index (χ3v) is 18.4. The molecule has 0 bridgehead atoms. The van der Waals surface area contributed by atoms with Crippen LogP contribution in [-0.4, -0.2) is 0 Å². The van der Waals surface area contributed by atoms with E-state index in [0.717, 1.165) is 58.5 Å². The fraction of sp³-hybridized carbons (Fsp3) is 0.415. The maximum absolute atomic E-state index is 8.36. The van der Waals surface area contributed by atoms with E-state index in [1.165, 1.54) is 89.4 Å². The minimum atomic E-state index is -2.11. The molecule has 0 aliphatic rings. The summed E-state index contributed by atoms with van der Waals surface area (Å²) in [5.41, 5.74) is 30.2. The van der Waals surface area contributed by atoms with Crippen molar-refractivity contribution in [1.29, 1.82) is 0 Å². The van der Waals surface area contributed by atoms with E-state index in [1.54, 1.807) is 24.3 Å². The predicted octanol–water partition coefficient (Wildman–Crippen LogP) is 21.4. The Labute approximate surface area is 614 Å². The summed E-state index contributed by atoms with van der Waals surface area (Å²) in [5.74, 6) is 1.94. The van der Waals surface area contributed by atoms with Gasteiger partial charge in [0.15, 0.2) is 31.0 Å². The SMILES string of the molecule is Cc1cc(-c2ccccc2C)[n+](C)cc1CC(C)C.Cc1ccc(-c2ccc(C(C)(C)C)c[n+]2C)c(C)c1.Cc1ccccc1-c1cc(CC(C)C)c(CC(C)C)c[n+]1C.[2H]C([2H])([2H])c1ccc(-c2cc(C)c(C([2H])([2H])C(C)C)c[n+]2C)c(C)c1.[2H]C([2H])([2H])c1ccc(-c2ccc(C(C)(C)C)c[n+]2C)c(C)c1. The second kappa shape index (κ2) is 35.3. The predicted molar refractivity (Wildman–Crippen MR) is 424 cm³/mol. The molecule has 0 amide bonds. The molecule has 0 saturated carbocycles. The Morgan fingerprint density at radius 3 is 1.00 bits per heavy atom. The van der Waals surface area contributed by atoms with Crippen molar-refractivity contribution < 1.29 is 33.8 Å². The Kier molecular flexibility index (Phi) is 24.2. The lowest BCUT2D eigenvalue weighted by atomic mass is 9.88. The van der Waals surface area contributed by atoms with E-state index < -0.39 is 20.1 Å². The van der Waals surface area contributed by atoms with Gasteiger partial charge in [0, 0.05) is 96.9 Å². The number of aromatic nitrogens is 5. The Bertz CT molecular complexity index is 4630. The quantitative estimate of drug-likeness (QED) is 0.103. The van der Waals surface area contributed by atoms with Gasteiger partial charge in [0.05, 0.1) is 0 Å². The van der Waals surface area contributed by atoms with E-state index in [4.69, 9.17) is 11.0 Å². The third-order valence-electron chi connectivity index (χ3n) is 18.4. The number of hydrogen-bond acceptors (Lipinski definition) is 0. The lowest BCUT2D eigenvalue weighted by molar-refractivity contribution is -0.661. The van der Waals surface area contributed by atoms with Crippen molar-refractivity contribution >= 4 is 0 Å². The van der Waals surface area contributed by atoms with Crippen LogP contribution in [-0.2, 0) is 71.7 Å². The summed E-state index contributed by atoms with van der Waals surface area (Å²) in [6.45, 7) is 43.4. The molecular formula is C94H128N5+5. The average molecular weight is 1340 g/mol. The zero-order valence-corrected chi connectivity index (χ0v) is 65.9. The smallest absolute Gasteiger partial charge is 0.201 e. The van der Waals surface area contributed by atoms with Gasteiger partial charge in [0.1, 0.15) is 35.2 Å². The molecule has 99 heavy (non-hydrogen) atoms. The normalized spacial score (nSPS) is 13.0. The maximum atomic E-state index is 8.36. The van der Waals surface area contributed by atoms with E-state index in [2.05, 4.69) is 285 Å². The van der Waals surface area contributed by atoms with E-state index in [0.29, 0.717) is 34.4 Å². The summed E-state index contributed by atoms with van der Waals surface area (Å²) in [5, 5.41) is 0. The first-order valence-corrected chi connectivity index (χ1v) is 36.0. The Morgan fingerprint density at radius 2 is 0.626 bits per heavy atom. The number of rotatable bonds is 13. The van der Waals surface area contributed by atoms with Gasteiger partial charge in [-0.05, 0) is 216 Å². The van der Waals surface area contributed by atoms with E-state index in [1.807, 2.05) is 77.7 Å². The summed E-state index contributed by atoms with van der Waals surface area (Å²) in [6, 6.07) is 49.9. The third kappa shape index (κ3) is 22.7. The molecule has 5 nitrogen and oxygen atoms in total. The highest BCUT2D eigenvalue weighted by Crippen LogP contribution is 2.30. The van der Waals surface area contributed by atoms with Crippen molar-refractivity contribution in [1.82, 2.24) is 0 Å². The zero-order chi connectivity index (χ0) is 80.3. The highest BCUT2D eigenvalue weighted by atomic mass is 14.9. The Hall–Kier alpha value is -8.15. The van der Waals surface area contributed by atoms with Crippen molar-refractivity contribution in [2.75, 3.05) is 0 Å². The summed E-state index contributed by atoms with van der Waals surface area (Å²) in [6.07, 6.45) is 12.9. The molecule has 0 N–H and O–H groups in total. The second-order valence-corrected chi connectivity index (χ2v) is 31.6. The van der Waals surface area contributed by atoms with Crippen LogP contribution in [0.1, 0.15) is 197 Å². The number of benzene rings is 5. The van der Waals surface area contributed by atoms with Gasteiger partial charge in [-0.25, -0.2) is 22.8 Å². The molecule has 5 aromatic carbocycles. The lowest BCUT2D eigenvalue weighted by Gasteiger charge is -2.17. The highest BCUT2D eigenvalue weighted by Gasteiger charge is 2.24. The summed E-state index contributed by atoms with van der Waals surface area (Å²) in [4.78, 5) is 0. The van der Waals surface area contributed by atoms with E-state index in [-0.39, 0.29) is 16.7 Å². The van der Waals surface area contributed by atoms with Crippen LogP contribution in [0.5, 0.6) is 0 Å². The van der Waals surface area contributed by atoms with Crippen LogP contribution < -0.4 is 22.8 Å². The molecule has 0 saturated heterocycles.